The summed E-state index contributed by atoms with van der Waals surface area (Å²) in [6.07, 6.45) is 0. The van der Waals surface area contributed by atoms with E-state index < -0.39 is 0 Å². The van der Waals surface area contributed by atoms with Crippen LogP contribution in [0, 0.1) is 19.7 Å². The lowest BCUT2D eigenvalue weighted by Gasteiger charge is -2.34. The highest BCUT2D eigenvalue weighted by Gasteiger charge is 2.28. The Hall–Kier alpha value is -3.91. The highest BCUT2D eigenvalue weighted by atomic mass is 79.9. The highest BCUT2D eigenvalue weighted by Crippen LogP contribution is 2.31. The van der Waals surface area contributed by atoms with Crippen molar-refractivity contribution in [2.24, 2.45) is 0 Å². The van der Waals surface area contributed by atoms with E-state index in [2.05, 4.69) is 21.2 Å². The largest absolute Gasteiger partial charge is 0.335 e. The summed E-state index contributed by atoms with van der Waals surface area (Å²) in [5.74, 6) is -0.387. The molecule has 194 valence electrons. The Kier molecular flexibility index (Phi) is 7.33. The number of nitrogens with one attached hydrogen (secondary N) is 1. The molecular formula is C30H28BrFN4O2. The number of hydrogen-bond donors (Lipinski definition) is 1. The lowest BCUT2D eigenvalue weighted by molar-refractivity contribution is 0.0671. The second kappa shape index (κ2) is 10.8. The van der Waals surface area contributed by atoms with E-state index in [4.69, 9.17) is 0 Å². The van der Waals surface area contributed by atoms with Crippen LogP contribution in [0.25, 0.3) is 16.9 Å². The second-order valence-electron chi connectivity index (χ2n) is 9.42. The molecule has 1 N–H and O–H groups in total. The zero-order chi connectivity index (χ0) is 26.8. The van der Waals surface area contributed by atoms with Crippen molar-refractivity contribution in [1.29, 1.82) is 0 Å². The van der Waals surface area contributed by atoms with E-state index in [1.807, 2.05) is 73.0 Å². The summed E-state index contributed by atoms with van der Waals surface area (Å²) in [5, 5.41) is 2.91. The first-order valence-electron chi connectivity index (χ1n) is 12.5. The fraction of sp³-hybridized carbons (Fsp3) is 0.200. The van der Waals surface area contributed by atoms with E-state index >= 15 is 0 Å². The van der Waals surface area contributed by atoms with Crippen LogP contribution in [-0.4, -0.2) is 52.5 Å². The van der Waals surface area contributed by atoms with Crippen molar-refractivity contribution in [3.05, 3.63) is 106 Å². The molecule has 38 heavy (non-hydrogen) atoms. The minimum absolute atomic E-state index is 0.0790. The van der Waals surface area contributed by atoms with Gasteiger partial charge in [-0.25, -0.2) is 9.18 Å². The molecule has 0 bridgehead atoms. The minimum atomic E-state index is -0.308. The fourth-order valence-electron chi connectivity index (χ4n) is 4.70. The van der Waals surface area contributed by atoms with Gasteiger partial charge in [0.05, 0.1) is 11.3 Å². The molecule has 2 heterocycles. The van der Waals surface area contributed by atoms with E-state index in [-0.39, 0.29) is 17.8 Å². The van der Waals surface area contributed by atoms with Gasteiger partial charge in [-0.1, -0.05) is 33.6 Å². The Balaban J connectivity index is 1.36. The van der Waals surface area contributed by atoms with Crippen LogP contribution < -0.4 is 5.32 Å². The van der Waals surface area contributed by atoms with Crippen molar-refractivity contribution in [2.75, 3.05) is 31.5 Å². The molecule has 1 aromatic heterocycles. The van der Waals surface area contributed by atoms with E-state index in [1.54, 1.807) is 21.9 Å². The molecule has 0 radical (unpaired) electrons. The van der Waals surface area contributed by atoms with Gasteiger partial charge in [0.2, 0.25) is 0 Å². The number of hydrogen-bond acceptors (Lipinski definition) is 2. The van der Waals surface area contributed by atoms with Gasteiger partial charge in [0.25, 0.3) is 5.91 Å². The number of amides is 3. The van der Waals surface area contributed by atoms with Crippen LogP contribution in [0.4, 0.5) is 14.9 Å². The standard InChI is InChI=1S/C30H28BrFN4O2/c1-20-3-13-26(14-4-20)36-21(2)27(19-28(36)22-5-9-24(32)10-6-22)29(37)34-15-17-35(18-16-34)30(38)33-25-11-7-23(31)8-12-25/h3-14,19H,15-18H2,1-2H3,(H,33,38). The SMILES string of the molecule is Cc1ccc(-n2c(-c3ccc(F)cc3)cc(C(=O)N3CCN(C(=O)Nc4ccc(Br)cc4)CC3)c2C)cc1. The van der Waals surface area contributed by atoms with Gasteiger partial charge in [-0.15, -0.1) is 0 Å². The monoisotopic (exact) mass is 574 g/mol. The Morgan fingerprint density at radius 2 is 1.42 bits per heavy atom. The molecule has 3 amide bonds. The zero-order valence-corrected chi connectivity index (χ0v) is 22.8. The number of halogens is 2. The maximum atomic E-state index is 13.7. The molecule has 0 spiro atoms. The van der Waals surface area contributed by atoms with Crippen molar-refractivity contribution in [3.8, 4) is 16.9 Å². The molecule has 1 fully saturated rings. The summed E-state index contributed by atoms with van der Waals surface area (Å²) in [7, 11) is 0. The Labute approximate surface area is 229 Å². The Bertz CT molecular complexity index is 1460. The van der Waals surface area contributed by atoms with Gasteiger partial charge in [-0.2, -0.15) is 0 Å². The molecule has 5 rings (SSSR count). The Morgan fingerprint density at radius 3 is 2.05 bits per heavy atom. The number of aromatic nitrogens is 1. The predicted octanol–water partition coefficient (Wildman–Crippen LogP) is 6.65. The molecule has 4 aromatic rings. The summed E-state index contributed by atoms with van der Waals surface area (Å²) in [6.45, 7) is 5.72. The van der Waals surface area contributed by atoms with Gasteiger partial charge >= 0.3 is 6.03 Å². The van der Waals surface area contributed by atoms with Crippen molar-refractivity contribution < 1.29 is 14.0 Å². The van der Waals surface area contributed by atoms with Crippen LogP contribution in [0.3, 0.4) is 0 Å². The van der Waals surface area contributed by atoms with Gasteiger partial charge in [0.15, 0.2) is 0 Å². The van der Waals surface area contributed by atoms with E-state index in [0.717, 1.165) is 38.4 Å². The third-order valence-corrected chi connectivity index (χ3v) is 7.39. The molecule has 8 heteroatoms. The number of anilines is 1. The molecule has 0 saturated carbocycles. The predicted molar refractivity (Wildman–Crippen MR) is 151 cm³/mol. The number of piperazine rings is 1. The van der Waals surface area contributed by atoms with Crippen molar-refractivity contribution in [1.82, 2.24) is 14.4 Å². The van der Waals surface area contributed by atoms with Crippen LogP contribution in [0.1, 0.15) is 21.6 Å². The third kappa shape index (κ3) is 5.36. The number of carbonyl (C=O) groups excluding carboxylic acids is 2. The number of aryl methyl sites for hydroxylation is 1. The minimum Gasteiger partial charge on any atom is -0.335 e. The topological polar surface area (TPSA) is 57.6 Å². The maximum absolute atomic E-state index is 13.7. The highest BCUT2D eigenvalue weighted by molar-refractivity contribution is 9.10. The average Bonchev–Trinajstić information content (AvgIpc) is 3.27. The number of urea groups is 1. The third-order valence-electron chi connectivity index (χ3n) is 6.86. The summed E-state index contributed by atoms with van der Waals surface area (Å²) >= 11 is 3.39. The lowest BCUT2D eigenvalue weighted by Crippen LogP contribution is -2.51. The van der Waals surface area contributed by atoms with Gasteiger partial charge in [-0.3, -0.25) is 4.79 Å². The molecule has 6 nitrogen and oxygen atoms in total. The average molecular weight is 575 g/mol. The van der Waals surface area contributed by atoms with Crippen LogP contribution in [0.5, 0.6) is 0 Å². The molecule has 1 aliphatic heterocycles. The molecular weight excluding hydrogens is 547 g/mol. The molecule has 1 aliphatic rings. The van der Waals surface area contributed by atoms with Gasteiger partial charge in [0, 0.05) is 47.7 Å². The normalized spacial score (nSPS) is 13.5. The van der Waals surface area contributed by atoms with Gasteiger partial charge in [-0.05, 0) is 86.1 Å². The van der Waals surface area contributed by atoms with Gasteiger partial charge in [0.1, 0.15) is 5.82 Å². The van der Waals surface area contributed by atoms with Crippen molar-refractivity contribution in [3.63, 3.8) is 0 Å². The van der Waals surface area contributed by atoms with Gasteiger partial charge < -0.3 is 19.7 Å². The molecule has 0 unspecified atom stereocenters. The Morgan fingerprint density at radius 1 is 0.816 bits per heavy atom. The van der Waals surface area contributed by atoms with Crippen LogP contribution in [-0.2, 0) is 0 Å². The maximum Gasteiger partial charge on any atom is 0.321 e. The van der Waals surface area contributed by atoms with Crippen LogP contribution in [0.15, 0.2) is 83.3 Å². The molecule has 0 aliphatic carbocycles. The van der Waals surface area contributed by atoms with E-state index in [1.165, 1.54) is 12.1 Å². The second-order valence-corrected chi connectivity index (χ2v) is 10.3. The number of rotatable bonds is 4. The number of carbonyl (C=O) groups is 2. The van der Waals surface area contributed by atoms with E-state index in [0.29, 0.717) is 31.7 Å². The lowest BCUT2D eigenvalue weighted by atomic mass is 10.1. The number of nitrogens with zero attached hydrogens (tertiary/aromatic N) is 3. The summed E-state index contributed by atoms with van der Waals surface area (Å²) in [5.41, 5.74) is 5.84. The fourth-order valence-corrected chi connectivity index (χ4v) is 4.97. The zero-order valence-electron chi connectivity index (χ0n) is 21.2. The first-order chi connectivity index (χ1) is 18.3. The molecule has 1 saturated heterocycles. The smallest absolute Gasteiger partial charge is 0.321 e. The quantitative estimate of drug-likeness (QED) is 0.296. The van der Waals surface area contributed by atoms with Crippen LogP contribution >= 0.6 is 15.9 Å². The van der Waals surface area contributed by atoms with E-state index in [9.17, 15) is 14.0 Å². The van der Waals surface area contributed by atoms with Crippen molar-refractivity contribution in [2.45, 2.75) is 13.8 Å². The summed E-state index contributed by atoms with van der Waals surface area (Å²) in [6, 6.07) is 23.5. The summed E-state index contributed by atoms with van der Waals surface area (Å²) in [4.78, 5) is 29.9. The summed E-state index contributed by atoms with van der Waals surface area (Å²) < 4.78 is 16.6. The van der Waals surface area contributed by atoms with Crippen molar-refractivity contribution >= 4 is 33.6 Å². The number of benzene rings is 3. The first-order valence-corrected chi connectivity index (χ1v) is 13.3. The van der Waals surface area contributed by atoms with Crippen LogP contribution in [0.2, 0.25) is 0 Å². The first kappa shape index (κ1) is 25.7. The molecule has 3 aromatic carbocycles. The molecule has 0 atom stereocenters.